The molecule has 8 heteroatoms. The van der Waals surface area contributed by atoms with Crippen molar-refractivity contribution in [3.05, 3.63) is 42.7 Å². The molecule has 0 atom stereocenters. The molecule has 7 nitrogen and oxygen atoms in total. The van der Waals surface area contributed by atoms with E-state index in [-0.39, 0.29) is 11.5 Å². The molecule has 0 aliphatic rings. The minimum Gasteiger partial charge on any atom is -0.490 e. The van der Waals surface area contributed by atoms with Gasteiger partial charge in [-0.1, -0.05) is 12.1 Å². The minimum atomic E-state index is -4.56. The summed E-state index contributed by atoms with van der Waals surface area (Å²) in [7, 11) is -0.302. The second-order valence-electron chi connectivity index (χ2n) is 3.22. The number of benzene rings is 1. The molecule has 0 heterocycles. The van der Waals surface area contributed by atoms with Gasteiger partial charge in [-0.2, -0.15) is 8.42 Å². The zero-order valence-electron chi connectivity index (χ0n) is 9.90. The highest BCUT2D eigenvalue weighted by Crippen LogP contribution is 2.16. The molecule has 0 aliphatic heterocycles. The first kappa shape index (κ1) is 15.0. The van der Waals surface area contributed by atoms with E-state index in [2.05, 4.69) is 16.0 Å². The van der Waals surface area contributed by atoms with Crippen molar-refractivity contribution in [1.29, 1.82) is 0 Å². The van der Waals surface area contributed by atoms with Crippen LogP contribution in [0.2, 0.25) is 0 Å². The molecule has 0 spiro atoms. The van der Waals surface area contributed by atoms with Crippen molar-refractivity contribution in [2.45, 2.75) is 0 Å². The largest absolute Gasteiger partial charge is 0.490 e. The van der Waals surface area contributed by atoms with E-state index < -0.39 is 16.4 Å². The van der Waals surface area contributed by atoms with Gasteiger partial charge < -0.3 is 13.7 Å². The quantitative estimate of drug-likeness (QED) is 0.376. The van der Waals surface area contributed by atoms with E-state index in [9.17, 15) is 13.2 Å². The normalized spacial score (nSPS) is 11.8. The highest BCUT2D eigenvalue weighted by Gasteiger charge is 2.10. The first-order chi connectivity index (χ1) is 8.85. The number of rotatable bonds is 5. The van der Waals surface area contributed by atoms with Crippen molar-refractivity contribution in [3.63, 3.8) is 0 Å². The van der Waals surface area contributed by atoms with Crippen LogP contribution in [0.5, 0.6) is 5.75 Å². The number of carbonyl (C=O) groups is 1. The van der Waals surface area contributed by atoms with E-state index in [4.69, 9.17) is 9.29 Å². The SMILES string of the molecule is [CH2]OC(=O)C(=Cc1ccc(OS(=O)(=O)O)cc1)OC. The molecule has 0 fully saturated rings. The fourth-order valence-electron chi connectivity index (χ4n) is 1.16. The molecule has 0 saturated heterocycles. The van der Waals surface area contributed by atoms with Crippen LogP contribution in [0.1, 0.15) is 5.56 Å². The van der Waals surface area contributed by atoms with Crippen LogP contribution in [0.15, 0.2) is 30.0 Å². The van der Waals surface area contributed by atoms with Gasteiger partial charge in [-0.3, -0.25) is 4.55 Å². The second kappa shape index (κ2) is 6.21. The van der Waals surface area contributed by atoms with E-state index in [1.54, 1.807) is 0 Å². The van der Waals surface area contributed by atoms with Crippen LogP contribution < -0.4 is 4.18 Å². The molecule has 1 aromatic carbocycles. The first-order valence-corrected chi connectivity index (χ1v) is 6.21. The zero-order valence-corrected chi connectivity index (χ0v) is 10.7. The molecule has 103 valence electrons. The van der Waals surface area contributed by atoms with Gasteiger partial charge in [0, 0.05) is 0 Å². The Morgan fingerprint density at radius 1 is 1.32 bits per heavy atom. The monoisotopic (exact) mass is 287 g/mol. The summed E-state index contributed by atoms with van der Waals surface area (Å²) in [5.41, 5.74) is 0.532. The summed E-state index contributed by atoms with van der Waals surface area (Å²) in [5, 5.41) is 0. The highest BCUT2D eigenvalue weighted by molar-refractivity contribution is 7.81. The summed E-state index contributed by atoms with van der Waals surface area (Å²) < 4.78 is 42.7. The third kappa shape index (κ3) is 4.98. The van der Waals surface area contributed by atoms with E-state index in [1.807, 2.05) is 0 Å². The van der Waals surface area contributed by atoms with Crippen LogP contribution in [0.3, 0.4) is 0 Å². The van der Waals surface area contributed by atoms with Gasteiger partial charge in [0.15, 0.2) is 0 Å². The van der Waals surface area contributed by atoms with Gasteiger partial charge >= 0.3 is 16.4 Å². The van der Waals surface area contributed by atoms with Crippen LogP contribution in [0, 0.1) is 7.11 Å². The Labute approximate surface area is 110 Å². The van der Waals surface area contributed by atoms with E-state index in [0.717, 1.165) is 0 Å². The van der Waals surface area contributed by atoms with Crippen LogP contribution in [-0.2, 0) is 24.7 Å². The fraction of sp³-hybridized carbons (Fsp3) is 0.0909. The molecule has 0 bridgehead atoms. The average Bonchev–Trinajstić information content (AvgIpc) is 2.35. The summed E-state index contributed by atoms with van der Waals surface area (Å²) in [6.45, 7) is 0. The molecule has 0 aromatic heterocycles. The lowest BCUT2D eigenvalue weighted by Crippen LogP contribution is -2.06. The molecule has 0 unspecified atom stereocenters. The van der Waals surface area contributed by atoms with Gasteiger partial charge in [0.05, 0.1) is 7.11 Å². The van der Waals surface area contributed by atoms with Gasteiger partial charge in [0.25, 0.3) is 0 Å². The number of ether oxygens (including phenoxy) is 2. The summed E-state index contributed by atoms with van der Waals surface area (Å²) in [6, 6.07) is 5.50. The predicted octanol–water partition coefficient (Wildman–Crippen LogP) is 1.19. The van der Waals surface area contributed by atoms with Gasteiger partial charge in [-0.25, -0.2) is 4.79 Å². The van der Waals surface area contributed by atoms with Crippen molar-refractivity contribution in [2.75, 3.05) is 7.11 Å². The van der Waals surface area contributed by atoms with Gasteiger partial charge in [0.1, 0.15) is 12.9 Å². The van der Waals surface area contributed by atoms with Crippen LogP contribution >= 0.6 is 0 Å². The third-order valence-electron chi connectivity index (χ3n) is 1.93. The lowest BCUT2D eigenvalue weighted by molar-refractivity contribution is -0.137. The summed E-state index contributed by atoms with van der Waals surface area (Å²) >= 11 is 0. The van der Waals surface area contributed by atoms with Crippen LogP contribution in [0.4, 0.5) is 0 Å². The number of carbonyl (C=O) groups excluding carboxylic acids is 1. The minimum absolute atomic E-state index is 0.0709. The molecule has 1 rings (SSSR count). The summed E-state index contributed by atoms with van der Waals surface area (Å²) in [5.74, 6) is -0.891. The topological polar surface area (TPSA) is 99.1 Å². The molecule has 1 aromatic rings. The van der Waals surface area contributed by atoms with E-state index >= 15 is 0 Å². The Kier molecular flexibility index (Phi) is 4.90. The van der Waals surface area contributed by atoms with E-state index in [0.29, 0.717) is 5.56 Å². The maximum absolute atomic E-state index is 11.2. The maximum atomic E-state index is 11.2. The van der Waals surface area contributed by atoms with Crippen molar-refractivity contribution >= 4 is 22.4 Å². The van der Waals surface area contributed by atoms with Crippen molar-refractivity contribution in [3.8, 4) is 5.75 Å². The van der Waals surface area contributed by atoms with Crippen molar-refractivity contribution in [2.24, 2.45) is 0 Å². The molecular formula is C11H11O7S. The molecule has 1 radical (unpaired) electrons. The Bertz CT molecular complexity index is 572. The Morgan fingerprint density at radius 3 is 2.32 bits per heavy atom. The molecule has 0 amide bonds. The standard InChI is InChI=1S/C11H11O7S/c1-16-10(11(12)17-2)7-8-3-5-9(6-4-8)18-19(13,14)15/h3-7H,2H2,1H3,(H,13,14,15). The number of esters is 1. The molecule has 1 N–H and O–H groups in total. The van der Waals surface area contributed by atoms with Crippen LogP contribution in [-0.4, -0.2) is 26.0 Å². The first-order valence-electron chi connectivity index (χ1n) is 4.84. The number of hydrogen-bond acceptors (Lipinski definition) is 6. The molecule has 19 heavy (non-hydrogen) atoms. The Balaban J connectivity index is 2.93. The van der Waals surface area contributed by atoms with Gasteiger partial charge in [-0.05, 0) is 23.8 Å². The maximum Gasteiger partial charge on any atom is 0.446 e. The van der Waals surface area contributed by atoms with Gasteiger partial charge in [0.2, 0.25) is 5.76 Å². The Morgan fingerprint density at radius 2 is 1.89 bits per heavy atom. The lowest BCUT2D eigenvalue weighted by atomic mass is 10.2. The fourth-order valence-corrected chi connectivity index (χ4v) is 1.52. The van der Waals surface area contributed by atoms with Crippen molar-refractivity contribution in [1.82, 2.24) is 0 Å². The van der Waals surface area contributed by atoms with Crippen LogP contribution in [0.25, 0.3) is 6.08 Å². The predicted molar refractivity (Wildman–Crippen MR) is 65.1 cm³/mol. The summed E-state index contributed by atoms with van der Waals surface area (Å²) in [4.78, 5) is 11.2. The van der Waals surface area contributed by atoms with Crippen molar-refractivity contribution < 1.29 is 31.4 Å². The van der Waals surface area contributed by atoms with Gasteiger partial charge in [-0.15, -0.1) is 0 Å². The number of methoxy groups -OCH3 is 1. The molecule has 0 aliphatic carbocycles. The smallest absolute Gasteiger partial charge is 0.446 e. The average molecular weight is 287 g/mol. The van der Waals surface area contributed by atoms with E-state index in [1.165, 1.54) is 37.5 Å². The zero-order chi connectivity index (χ0) is 14.5. The molecule has 0 saturated carbocycles. The number of hydrogen-bond donors (Lipinski definition) is 1. The second-order valence-corrected chi connectivity index (χ2v) is 4.25. The highest BCUT2D eigenvalue weighted by atomic mass is 32.3. The summed E-state index contributed by atoms with van der Waals surface area (Å²) in [6.07, 6.45) is 1.37. The third-order valence-corrected chi connectivity index (χ3v) is 2.33. The Hall–Kier alpha value is -2.06. The lowest BCUT2D eigenvalue weighted by Gasteiger charge is -2.04. The molecular weight excluding hydrogens is 276 g/mol.